The van der Waals surface area contributed by atoms with Gasteiger partial charge in [-0.2, -0.15) is 11.8 Å². The second kappa shape index (κ2) is 5.85. The van der Waals surface area contributed by atoms with Crippen LogP contribution in [0.4, 0.5) is 0 Å². The Morgan fingerprint density at radius 2 is 2.22 bits per heavy atom. The number of rotatable bonds is 3. The predicted octanol–water partition coefficient (Wildman–Crippen LogP) is 2.73. The largest absolute Gasteiger partial charge is 0.504 e. The van der Waals surface area contributed by atoms with Crippen LogP contribution < -0.4 is 4.74 Å². The molecule has 1 aliphatic rings. The Bertz CT molecular complexity index is 411. The van der Waals surface area contributed by atoms with Crippen molar-refractivity contribution in [2.75, 3.05) is 19.4 Å². The molecule has 18 heavy (non-hydrogen) atoms. The number of aromatic hydroxyl groups is 1. The highest BCUT2D eigenvalue weighted by Crippen LogP contribution is 2.29. The zero-order valence-corrected chi connectivity index (χ0v) is 12.0. The number of methoxy groups -OCH3 is 1. The Kier molecular flexibility index (Phi) is 4.40. The molecule has 0 saturated carbocycles. The molecule has 0 spiro atoms. The molecule has 0 aliphatic carbocycles. The van der Waals surface area contributed by atoms with E-state index in [4.69, 9.17) is 4.74 Å². The maximum absolute atomic E-state index is 9.59. The smallest absolute Gasteiger partial charge is 0.160 e. The number of thioether (sulfide) groups is 1. The van der Waals surface area contributed by atoms with Crippen LogP contribution >= 0.6 is 11.8 Å². The van der Waals surface area contributed by atoms with Gasteiger partial charge in [0.25, 0.3) is 0 Å². The highest BCUT2D eigenvalue weighted by Gasteiger charge is 2.25. The number of phenols is 1. The zero-order valence-electron chi connectivity index (χ0n) is 11.2. The Hall–Kier alpha value is -0.870. The molecule has 2 rings (SSSR count). The lowest BCUT2D eigenvalue weighted by Crippen LogP contribution is -2.43. The molecule has 3 nitrogen and oxygen atoms in total. The fourth-order valence-corrected chi connectivity index (χ4v) is 3.44. The zero-order chi connectivity index (χ0) is 13.1. The van der Waals surface area contributed by atoms with Crippen molar-refractivity contribution in [3.8, 4) is 11.5 Å². The summed E-state index contributed by atoms with van der Waals surface area (Å²) in [6.45, 7) is 6.62. The molecule has 1 aromatic rings. The van der Waals surface area contributed by atoms with Crippen molar-refractivity contribution in [2.24, 2.45) is 0 Å². The molecule has 1 aliphatic heterocycles. The first-order valence-corrected chi connectivity index (χ1v) is 7.38. The molecule has 1 N–H and O–H groups in total. The Morgan fingerprint density at radius 1 is 1.44 bits per heavy atom. The number of nitrogens with zero attached hydrogens (tertiary/aromatic N) is 1. The van der Waals surface area contributed by atoms with Crippen LogP contribution in [-0.2, 0) is 6.54 Å². The molecule has 0 amide bonds. The normalized spacial score (nSPS) is 25.1. The van der Waals surface area contributed by atoms with Crippen molar-refractivity contribution in [2.45, 2.75) is 31.7 Å². The second-order valence-corrected chi connectivity index (χ2v) is 6.28. The maximum atomic E-state index is 9.59. The van der Waals surface area contributed by atoms with Crippen LogP contribution in [0, 0.1) is 0 Å². The van der Waals surface area contributed by atoms with Crippen LogP contribution in [0.1, 0.15) is 19.4 Å². The topological polar surface area (TPSA) is 32.7 Å². The van der Waals surface area contributed by atoms with Gasteiger partial charge < -0.3 is 9.84 Å². The third-order valence-electron chi connectivity index (χ3n) is 3.64. The van der Waals surface area contributed by atoms with Gasteiger partial charge >= 0.3 is 0 Å². The predicted molar refractivity (Wildman–Crippen MR) is 76.5 cm³/mol. The summed E-state index contributed by atoms with van der Waals surface area (Å²) in [5, 5.41) is 10.3. The van der Waals surface area contributed by atoms with E-state index in [0.29, 0.717) is 17.0 Å². The molecular formula is C14H21NO2S. The molecule has 1 fully saturated rings. The molecule has 1 saturated heterocycles. The lowest BCUT2D eigenvalue weighted by Gasteiger charge is -2.37. The average Bonchev–Trinajstić information content (AvgIpc) is 2.37. The van der Waals surface area contributed by atoms with Crippen molar-refractivity contribution in [3.05, 3.63) is 23.8 Å². The average molecular weight is 267 g/mol. The molecule has 0 aromatic heterocycles. The minimum Gasteiger partial charge on any atom is -0.504 e. The minimum atomic E-state index is 0.205. The van der Waals surface area contributed by atoms with Gasteiger partial charge in [0.2, 0.25) is 0 Å². The highest BCUT2D eigenvalue weighted by molar-refractivity contribution is 8.00. The minimum absolute atomic E-state index is 0.205. The Balaban J connectivity index is 2.09. The first kappa shape index (κ1) is 13.6. The lowest BCUT2D eigenvalue weighted by atomic mass is 10.1. The number of benzene rings is 1. The molecule has 0 unspecified atom stereocenters. The van der Waals surface area contributed by atoms with E-state index in [1.54, 1.807) is 13.2 Å². The maximum Gasteiger partial charge on any atom is 0.160 e. The third-order valence-corrected chi connectivity index (χ3v) is 4.98. The molecule has 2 atom stereocenters. The lowest BCUT2D eigenvalue weighted by molar-refractivity contribution is 0.204. The molecule has 0 bridgehead atoms. The molecule has 1 heterocycles. The number of phenolic OH excluding ortho intramolecular Hbond substituents is 1. The molecule has 4 heteroatoms. The van der Waals surface area contributed by atoms with E-state index >= 15 is 0 Å². The Morgan fingerprint density at radius 3 is 2.94 bits per heavy atom. The molecule has 0 radical (unpaired) electrons. The van der Waals surface area contributed by atoms with Crippen LogP contribution in [0.25, 0.3) is 0 Å². The van der Waals surface area contributed by atoms with Crippen LogP contribution in [0.2, 0.25) is 0 Å². The van der Waals surface area contributed by atoms with E-state index in [2.05, 4.69) is 18.7 Å². The monoisotopic (exact) mass is 267 g/mol. The summed E-state index contributed by atoms with van der Waals surface area (Å²) in [6.07, 6.45) is 0. The fraction of sp³-hybridized carbons (Fsp3) is 0.571. The van der Waals surface area contributed by atoms with Gasteiger partial charge in [-0.15, -0.1) is 0 Å². The summed E-state index contributed by atoms with van der Waals surface area (Å²) in [6, 6.07) is 6.19. The van der Waals surface area contributed by atoms with Crippen LogP contribution in [0.3, 0.4) is 0 Å². The fourth-order valence-electron chi connectivity index (χ4n) is 2.27. The van der Waals surface area contributed by atoms with E-state index in [9.17, 15) is 5.11 Å². The van der Waals surface area contributed by atoms with Crippen LogP contribution in [0.5, 0.6) is 11.5 Å². The summed E-state index contributed by atoms with van der Waals surface area (Å²) in [4.78, 5) is 2.49. The summed E-state index contributed by atoms with van der Waals surface area (Å²) in [5.41, 5.74) is 1.19. The van der Waals surface area contributed by atoms with Crippen molar-refractivity contribution >= 4 is 11.8 Å². The van der Waals surface area contributed by atoms with E-state index in [1.165, 1.54) is 11.3 Å². The van der Waals surface area contributed by atoms with E-state index in [0.717, 1.165) is 13.1 Å². The molecule has 100 valence electrons. The summed E-state index contributed by atoms with van der Waals surface area (Å²) in [5.74, 6) is 1.96. The van der Waals surface area contributed by atoms with Crippen molar-refractivity contribution in [1.82, 2.24) is 4.90 Å². The first-order chi connectivity index (χ1) is 8.61. The van der Waals surface area contributed by atoms with Crippen LogP contribution in [-0.4, -0.2) is 40.7 Å². The van der Waals surface area contributed by atoms with E-state index in [1.807, 2.05) is 23.9 Å². The van der Waals surface area contributed by atoms with Gasteiger partial charge in [0.1, 0.15) is 0 Å². The van der Waals surface area contributed by atoms with Gasteiger partial charge in [0.15, 0.2) is 11.5 Å². The van der Waals surface area contributed by atoms with E-state index in [-0.39, 0.29) is 5.75 Å². The van der Waals surface area contributed by atoms with Gasteiger partial charge in [-0.1, -0.05) is 13.0 Å². The summed E-state index contributed by atoms with van der Waals surface area (Å²) >= 11 is 2.04. The summed E-state index contributed by atoms with van der Waals surface area (Å²) in [7, 11) is 1.58. The van der Waals surface area contributed by atoms with Crippen LogP contribution in [0.15, 0.2) is 18.2 Å². The van der Waals surface area contributed by atoms with Gasteiger partial charge in [-0.05, 0) is 24.6 Å². The van der Waals surface area contributed by atoms with E-state index < -0.39 is 0 Å². The van der Waals surface area contributed by atoms with Crippen molar-refractivity contribution < 1.29 is 9.84 Å². The first-order valence-electron chi connectivity index (χ1n) is 6.33. The number of hydrogen-bond acceptors (Lipinski definition) is 4. The van der Waals surface area contributed by atoms with Gasteiger partial charge in [0.05, 0.1) is 7.11 Å². The number of ether oxygens (including phenoxy) is 1. The molecular weight excluding hydrogens is 246 g/mol. The standard InChI is InChI=1S/C14H21NO2S/c1-10-11(2)18-7-6-15(10)9-12-4-5-13(16)14(8-12)17-3/h4-5,8,10-11,16H,6-7,9H2,1-3H3/t10-,11-/m1/s1. The SMILES string of the molecule is COc1cc(CN2CCS[C@H](C)[C@H]2C)ccc1O. The Labute approximate surface area is 113 Å². The third kappa shape index (κ3) is 2.93. The van der Waals surface area contributed by atoms with Gasteiger partial charge in [0, 0.05) is 30.1 Å². The number of hydrogen-bond donors (Lipinski definition) is 1. The quantitative estimate of drug-likeness (QED) is 0.913. The second-order valence-electron chi connectivity index (χ2n) is 4.79. The van der Waals surface area contributed by atoms with Gasteiger partial charge in [-0.25, -0.2) is 0 Å². The molecule has 1 aromatic carbocycles. The van der Waals surface area contributed by atoms with Crippen molar-refractivity contribution in [1.29, 1.82) is 0 Å². The van der Waals surface area contributed by atoms with Gasteiger partial charge in [-0.3, -0.25) is 4.90 Å². The summed E-state index contributed by atoms with van der Waals surface area (Å²) < 4.78 is 5.15. The van der Waals surface area contributed by atoms with Crippen molar-refractivity contribution in [3.63, 3.8) is 0 Å². The highest BCUT2D eigenvalue weighted by atomic mass is 32.2.